The van der Waals surface area contributed by atoms with Crippen LogP contribution in [0.5, 0.6) is 5.75 Å². The molecular formula is C18H29NO3. The van der Waals surface area contributed by atoms with Gasteiger partial charge < -0.3 is 15.2 Å². The number of nitrogens with one attached hydrogen (secondary N) is 1. The van der Waals surface area contributed by atoms with E-state index in [0.29, 0.717) is 12.5 Å². The van der Waals surface area contributed by atoms with Gasteiger partial charge in [-0.15, -0.1) is 0 Å². The van der Waals surface area contributed by atoms with Gasteiger partial charge in [-0.2, -0.15) is 0 Å². The molecule has 0 saturated carbocycles. The molecule has 1 rings (SSSR count). The Balaban J connectivity index is 2.65. The van der Waals surface area contributed by atoms with Gasteiger partial charge in [0, 0.05) is 12.1 Å². The number of carboxylic acids is 1. The topological polar surface area (TPSA) is 58.6 Å². The van der Waals surface area contributed by atoms with E-state index in [1.807, 2.05) is 38.1 Å². The molecule has 0 fully saturated rings. The summed E-state index contributed by atoms with van der Waals surface area (Å²) in [7, 11) is 0. The number of benzene rings is 1. The molecule has 4 nitrogen and oxygen atoms in total. The second kappa shape index (κ2) is 9.46. The summed E-state index contributed by atoms with van der Waals surface area (Å²) in [5, 5.41) is 12.5. The van der Waals surface area contributed by atoms with Crippen molar-refractivity contribution in [3.63, 3.8) is 0 Å². The van der Waals surface area contributed by atoms with Gasteiger partial charge >= 0.3 is 5.97 Å². The average Bonchev–Trinajstić information content (AvgIpc) is 2.39. The molecule has 0 spiro atoms. The Kier molecular flexibility index (Phi) is 7.96. The van der Waals surface area contributed by atoms with Crippen LogP contribution < -0.4 is 10.1 Å². The van der Waals surface area contributed by atoms with Crippen LogP contribution in [0.2, 0.25) is 0 Å². The SMILES string of the molecule is CCCC(C)N[C@H](CC(=O)O)Cc1ccc(OC(C)C)cc1. The van der Waals surface area contributed by atoms with Crippen LogP contribution in [-0.4, -0.2) is 29.3 Å². The van der Waals surface area contributed by atoms with Crippen molar-refractivity contribution in [2.45, 2.75) is 71.6 Å². The first-order valence-electron chi connectivity index (χ1n) is 8.14. The first-order chi connectivity index (χ1) is 10.4. The van der Waals surface area contributed by atoms with E-state index in [-0.39, 0.29) is 18.6 Å². The Morgan fingerprint density at radius 1 is 1.23 bits per heavy atom. The van der Waals surface area contributed by atoms with Gasteiger partial charge in [0.15, 0.2) is 0 Å². The number of rotatable bonds is 10. The lowest BCUT2D eigenvalue weighted by atomic mass is 10.0. The molecule has 1 aromatic rings. The van der Waals surface area contributed by atoms with Crippen LogP contribution in [0.1, 0.15) is 52.5 Å². The smallest absolute Gasteiger partial charge is 0.304 e. The molecule has 1 aromatic carbocycles. The summed E-state index contributed by atoms with van der Waals surface area (Å²) in [4.78, 5) is 11.1. The van der Waals surface area contributed by atoms with Gasteiger partial charge in [0.25, 0.3) is 0 Å². The molecule has 124 valence electrons. The predicted molar refractivity (Wildman–Crippen MR) is 89.5 cm³/mol. The summed E-state index contributed by atoms with van der Waals surface area (Å²) in [6.07, 6.45) is 3.15. The van der Waals surface area contributed by atoms with Gasteiger partial charge in [0.1, 0.15) is 5.75 Å². The molecule has 0 amide bonds. The number of hydrogen-bond acceptors (Lipinski definition) is 3. The molecular weight excluding hydrogens is 278 g/mol. The molecule has 0 aliphatic rings. The maximum Gasteiger partial charge on any atom is 0.304 e. The largest absolute Gasteiger partial charge is 0.491 e. The third-order valence-electron chi connectivity index (χ3n) is 3.44. The molecule has 2 N–H and O–H groups in total. The van der Waals surface area contributed by atoms with E-state index >= 15 is 0 Å². The molecule has 1 unspecified atom stereocenters. The lowest BCUT2D eigenvalue weighted by molar-refractivity contribution is -0.137. The Morgan fingerprint density at radius 3 is 2.36 bits per heavy atom. The van der Waals surface area contributed by atoms with Crippen molar-refractivity contribution >= 4 is 5.97 Å². The van der Waals surface area contributed by atoms with Crippen LogP contribution in [0.3, 0.4) is 0 Å². The minimum atomic E-state index is -0.763. The van der Waals surface area contributed by atoms with Crippen molar-refractivity contribution < 1.29 is 14.6 Å². The third kappa shape index (κ3) is 7.46. The van der Waals surface area contributed by atoms with E-state index in [9.17, 15) is 4.79 Å². The lowest BCUT2D eigenvalue weighted by Crippen LogP contribution is -2.39. The number of hydrogen-bond donors (Lipinski definition) is 2. The molecule has 4 heteroatoms. The molecule has 0 aliphatic heterocycles. The van der Waals surface area contributed by atoms with Crippen molar-refractivity contribution in [2.75, 3.05) is 0 Å². The molecule has 2 atom stereocenters. The second-order valence-electron chi connectivity index (χ2n) is 6.17. The van der Waals surface area contributed by atoms with Crippen molar-refractivity contribution in [1.82, 2.24) is 5.32 Å². The predicted octanol–water partition coefficient (Wildman–Crippen LogP) is 3.64. The highest BCUT2D eigenvalue weighted by Crippen LogP contribution is 2.16. The summed E-state index contributed by atoms with van der Waals surface area (Å²) in [6.45, 7) is 8.24. The summed E-state index contributed by atoms with van der Waals surface area (Å²) in [6, 6.07) is 8.21. The first-order valence-corrected chi connectivity index (χ1v) is 8.14. The second-order valence-corrected chi connectivity index (χ2v) is 6.17. The molecule has 22 heavy (non-hydrogen) atoms. The normalized spacial score (nSPS) is 13.9. The number of ether oxygens (including phenoxy) is 1. The summed E-state index contributed by atoms with van der Waals surface area (Å²) in [5.41, 5.74) is 1.12. The number of carbonyl (C=O) groups is 1. The van der Waals surface area contributed by atoms with Crippen LogP contribution in [-0.2, 0) is 11.2 Å². The third-order valence-corrected chi connectivity index (χ3v) is 3.44. The van der Waals surface area contributed by atoms with Gasteiger partial charge in [-0.05, 0) is 51.3 Å². The first kappa shape index (κ1) is 18.5. The highest BCUT2D eigenvalue weighted by molar-refractivity contribution is 5.67. The van der Waals surface area contributed by atoms with Crippen LogP contribution in [0.4, 0.5) is 0 Å². The van der Waals surface area contributed by atoms with E-state index in [1.54, 1.807) is 0 Å². The van der Waals surface area contributed by atoms with Crippen molar-refractivity contribution in [2.24, 2.45) is 0 Å². The molecule has 0 radical (unpaired) electrons. The van der Waals surface area contributed by atoms with Crippen molar-refractivity contribution in [3.8, 4) is 5.75 Å². The van der Waals surface area contributed by atoms with Gasteiger partial charge in [0.05, 0.1) is 12.5 Å². The van der Waals surface area contributed by atoms with Crippen LogP contribution in [0.15, 0.2) is 24.3 Å². The van der Waals surface area contributed by atoms with Gasteiger partial charge in [-0.25, -0.2) is 0 Å². The van der Waals surface area contributed by atoms with Crippen LogP contribution in [0.25, 0.3) is 0 Å². The van der Waals surface area contributed by atoms with Crippen LogP contribution >= 0.6 is 0 Å². The molecule has 0 aromatic heterocycles. The van der Waals surface area contributed by atoms with Crippen LogP contribution in [0, 0.1) is 0 Å². The maximum absolute atomic E-state index is 11.1. The maximum atomic E-state index is 11.1. The van der Waals surface area contributed by atoms with E-state index in [0.717, 1.165) is 24.2 Å². The van der Waals surface area contributed by atoms with Crippen molar-refractivity contribution in [3.05, 3.63) is 29.8 Å². The van der Waals surface area contributed by atoms with Gasteiger partial charge in [0.2, 0.25) is 0 Å². The summed E-state index contributed by atoms with van der Waals surface area (Å²) < 4.78 is 5.63. The zero-order valence-corrected chi connectivity index (χ0v) is 14.1. The summed E-state index contributed by atoms with van der Waals surface area (Å²) >= 11 is 0. The fraction of sp³-hybridized carbons (Fsp3) is 0.611. The molecule has 0 heterocycles. The number of carboxylic acid groups (broad SMARTS) is 1. The molecule has 0 bridgehead atoms. The zero-order chi connectivity index (χ0) is 16.5. The molecule has 0 saturated heterocycles. The monoisotopic (exact) mass is 307 g/mol. The highest BCUT2D eigenvalue weighted by Gasteiger charge is 2.16. The standard InChI is InChI=1S/C18H29NO3/c1-5-6-14(4)19-16(12-18(20)21)11-15-7-9-17(10-8-15)22-13(2)3/h7-10,13-14,16,19H,5-6,11-12H2,1-4H3,(H,20,21)/t14?,16-/m0/s1. The zero-order valence-electron chi connectivity index (χ0n) is 14.1. The molecule has 0 aliphatic carbocycles. The highest BCUT2D eigenvalue weighted by atomic mass is 16.5. The van der Waals surface area contributed by atoms with E-state index in [1.165, 1.54) is 0 Å². The fourth-order valence-corrected chi connectivity index (χ4v) is 2.58. The van der Waals surface area contributed by atoms with Gasteiger partial charge in [-0.1, -0.05) is 25.5 Å². The fourth-order valence-electron chi connectivity index (χ4n) is 2.58. The minimum absolute atomic E-state index is 0.0454. The summed E-state index contributed by atoms with van der Waals surface area (Å²) in [5.74, 6) is 0.0850. The lowest BCUT2D eigenvalue weighted by Gasteiger charge is -2.22. The Hall–Kier alpha value is -1.55. The Labute approximate surface area is 133 Å². The van der Waals surface area contributed by atoms with E-state index in [4.69, 9.17) is 9.84 Å². The number of aliphatic carboxylic acids is 1. The minimum Gasteiger partial charge on any atom is -0.491 e. The van der Waals surface area contributed by atoms with E-state index in [2.05, 4.69) is 19.2 Å². The van der Waals surface area contributed by atoms with Crippen molar-refractivity contribution in [1.29, 1.82) is 0 Å². The van der Waals surface area contributed by atoms with E-state index < -0.39 is 5.97 Å². The Bertz CT molecular complexity index is 442. The van der Waals surface area contributed by atoms with Gasteiger partial charge in [-0.3, -0.25) is 4.79 Å². The Morgan fingerprint density at radius 2 is 1.86 bits per heavy atom. The average molecular weight is 307 g/mol. The quantitative estimate of drug-likeness (QED) is 0.693.